The first-order chi connectivity index (χ1) is 12.2. The molecule has 2 fully saturated rings. The Bertz CT molecular complexity index is 655. The molecule has 1 aromatic carbocycles. The molecule has 2 aliphatic heterocycles. The minimum atomic E-state index is -0.411. The van der Waals surface area contributed by atoms with Gasteiger partial charge in [0.05, 0.1) is 0 Å². The van der Waals surface area contributed by atoms with Gasteiger partial charge in [-0.05, 0) is 56.4 Å². The number of anilines is 1. The number of carbonyl (C=O) groups is 2. The molecule has 1 aromatic rings. The summed E-state index contributed by atoms with van der Waals surface area (Å²) in [5.74, 6) is -0.264. The lowest BCUT2D eigenvalue weighted by Crippen LogP contribution is -2.60. The van der Waals surface area contributed by atoms with Crippen LogP contribution in [0.4, 0.5) is 14.9 Å². The number of halogens is 1. The number of amides is 3. The fourth-order valence-corrected chi connectivity index (χ4v) is 3.95. The zero-order chi connectivity index (χ0) is 18.9. The number of benzene rings is 1. The van der Waals surface area contributed by atoms with Crippen molar-refractivity contribution in [2.75, 3.05) is 5.32 Å². The summed E-state index contributed by atoms with van der Waals surface area (Å²) in [6.07, 6.45) is 4.59. The van der Waals surface area contributed by atoms with Crippen LogP contribution in [0.15, 0.2) is 24.3 Å². The van der Waals surface area contributed by atoms with Crippen LogP contribution < -0.4 is 10.6 Å². The summed E-state index contributed by atoms with van der Waals surface area (Å²) >= 11 is 0. The van der Waals surface area contributed by atoms with Gasteiger partial charge in [-0.15, -0.1) is 0 Å². The Morgan fingerprint density at radius 2 is 1.65 bits per heavy atom. The first-order valence-corrected chi connectivity index (χ1v) is 9.40. The summed E-state index contributed by atoms with van der Waals surface area (Å²) in [5, 5.41) is 6.04. The Morgan fingerprint density at radius 1 is 1.08 bits per heavy atom. The van der Waals surface area contributed by atoms with Gasteiger partial charge in [0.25, 0.3) is 0 Å². The molecule has 142 valence electrons. The van der Waals surface area contributed by atoms with Gasteiger partial charge in [0, 0.05) is 29.2 Å². The van der Waals surface area contributed by atoms with E-state index in [1.54, 1.807) is 12.1 Å². The lowest BCUT2D eigenvalue weighted by atomic mass is 9.81. The number of fused-ring (bicyclic) bond motifs is 2. The molecule has 3 atom stereocenters. The summed E-state index contributed by atoms with van der Waals surface area (Å²) in [4.78, 5) is 27.0. The second kappa shape index (κ2) is 7.25. The Balaban J connectivity index is 1.65. The molecule has 3 amide bonds. The van der Waals surface area contributed by atoms with Crippen molar-refractivity contribution >= 4 is 17.6 Å². The molecule has 0 radical (unpaired) electrons. The molecular weight excluding hydrogens is 333 g/mol. The van der Waals surface area contributed by atoms with Gasteiger partial charge in [0.15, 0.2) is 0 Å². The van der Waals surface area contributed by atoms with Gasteiger partial charge in [-0.3, -0.25) is 4.79 Å². The molecule has 26 heavy (non-hydrogen) atoms. The van der Waals surface area contributed by atoms with Crippen LogP contribution in [0, 0.1) is 11.2 Å². The Labute approximate surface area is 154 Å². The number of rotatable bonds is 2. The van der Waals surface area contributed by atoms with Crippen LogP contribution in [0.3, 0.4) is 0 Å². The largest absolute Gasteiger partial charge is 0.353 e. The van der Waals surface area contributed by atoms with Crippen molar-refractivity contribution in [3.8, 4) is 0 Å². The van der Waals surface area contributed by atoms with Crippen LogP contribution in [0.5, 0.6) is 0 Å². The van der Waals surface area contributed by atoms with Crippen LogP contribution in [0.1, 0.15) is 52.9 Å². The van der Waals surface area contributed by atoms with E-state index in [0.717, 1.165) is 32.1 Å². The minimum Gasteiger partial charge on any atom is -0.353 e. The number of hydrogen-bond donors (Lipinski definition) is 2. The van der Waals surface area contributed by atoms with Gasteiger partial charge in [-0.25, -0.2) is 9.18 Å². The predicted molar refractivity (Wildman–Crippen MR) is 99.3 cm³/mol. The Hall–Kier alpha value is -2.11. The van der Waals surface area contributed by atoms with E-state index >= 15 is 0 Å². The number of carbonyl (C=O) groups excluding carboxylic acids is 2. The van der Waals surface area contributed by atoms with Crippen molar-refractivity contribution in [3.63, 3.8) is 0 Å². The molecule has 0 aromatic heterocycles. The van der Waals surface area contributed by atoms with E-state index < -0.39 is 5.41 Å². The molecule has 3 rings (SSSR count). The summed E-state index contributed by atoms with van der Waals surface area (Å²) < 4.78 is 13.0. The summed E-state index contributed by atoms with van der Waals surface area (Å²) in [7, 11) is 0. The lowest BCUT2D eigenvalue weighted by molar-refractivity contribution is -0.129. The predicted octanol–water partition coefficient (Wildman–Crippen LogP) is 3.91. The first kappa shape index (κ1) is 18.7. The zero-order valence-electron chi connectivity index (χ0n) is 15.7. The topological polar surface area (TPSA) is 61.4 Å². The van der Waals surface area contributed by atoms with Crippen molar-refractivity contribution in [1.82, 2.24) is 10.2 Å². The second-order valence-corrected chi connectivity index (χ2v) is 8.47. The molecule has 1 unspecified atom stereocenters. The van der Waals surface area contributed by atoms with Crippen LogP contribution in [0.2, 0.25) is 0 Å². The molecule has 0 spiro atoms. The SMILES string of the molecule is CC(C)(C)C(=O)NC1C[C@H]2CCC[C@@H](C1)N2C(=O)Nc1ccc(F)cc1. The van der Waals surface area contributed by atoms with Crippen molar-refractivity contribution in [2.24, 2.45) is 5.41 Å². The molecule has 2 N–H and O–H groups in total. The normalized spacial score (nSPS) is 25.5. The number of nitrogens with one attached hydrogen (secondary N) is 2. The van der Waals surface area contributed by atoms with E-state index in [4.69, 9.17) is 0 Å². The van der Waals surface area contributed by atoms with Gasteiger partial charge < -0.3 is 15.5 Å². The summed E-state index contributed by atoms with van der Waals surface area (Å²) in [6.45, 7) is 5.73. The average molecular weight is 361 g/mol. The third-order valence-electron chi connectivity index (χ3n) is 5.32. The summed E-state index contributed by atoms with van der Waals surface area (Å²) in [5.41, 5.74) is 0.185. The van der Waals surface area contributed by atoms with Crippen LogP contribution in [-0.2, 0) is 4.79 Å². The quantitative estimate of drug-likeness (QED) is 0.839. The van der Waals surface area contributed by atoms with E-state index in [9.17, 15) is 14.0 Å². The van der Waals surface area contributed by atoms with Crippen LogP contribution in [-0.4, -0.2) is 35.0 Å². The zero-order valence-corrected chi connectivity index (χ0v) is 15.7. The smallest absolute Gasteiger partial charge is 0.322 e. The van der Waals surface area contributed by atoms with E-state index in [-0.39, 0.29) is 35.9 Å². The Morgan fingerprint density at radius 3 is 2.19 bits per heavy atom. The fraction of sp³-hybridized carbons (Fsp3) is 0.600. The Kier molecular flexibility index (Phi) is 5.21. The molecule has 2 bridgehead atoms. The van der Waals surface area contributed by atoms with Crippen molar-refractivity contribution in [1.29, 1.82) is 0 Å². The van der Waals surface area contributed by atoms with Crippen molar-refractivity contribution in [2.45, 2.75) is 71.0 Å². The molecule has 2 saturated heterocycles. The standard InChI is InChI=1S/C20H28FN3O2/c1-20(2,3)18(25)22-15-11-16-5-4-6-17(12-15)24(16)19(26)23-14-9-7-13(21)8-10-14/h7-10,15-17H,4-6,11-12H2,1-3H3,(H,22,25)(H,23,26)/t15?,16-,17+. The first-order valence-electron chi connectivity index (χ1n) is 9.40. The van der Waals surface area contributed by atoms with Gasteiger partial charge in [0.2, 0.25) is 5.91 Å². The molecule has 0 aliphatic carbocycles. The van der Waals surface area contributed by atoms with E-state index in [1.807, 2.05) is 25.7 Å². The number of hydrogen-bond acceptors (Lipinski definition) is 2. The molecule has 6 heteroatoms. The average Bonchev–Trinajstić information content (AvgIpc) is 2.55. The van der Waals surface area contributed by atoms with Gasteiger partial charge >= 0.3 is 6.03 Å². The maximum Gasteiger partial charge on any atom is 0.322 e. The van der Waals surface area contributed by atoms with Crippen molar-refractivity contribution in [3.05, 3.63) is 30.1 Å². The molecule has 2 heterocycles. The van der Waals surface area contributed by atoms with E-state index in [2.05, 4.69) is 10.6 Å². The molecule has 2 aliphatic rings. The van der Waals surface area contributed by atoms with Crippen LogP contribution >= 0.6 is 0 Å². The third-order valence-corrected chi connectivity index (χ3v) is 5.32. The van der Waals surface area contributed by atoms with Gasteiger partial charge in [-0.2, -0.15) is 0 Å². The van der Waals surface area contributed by atoms with Crippen molar-refractivity contribution < 1.29 is 14.0 Å². The van der Waals surface area contributed by atoms with Gasteiger partial charge in [0.1, 0.15) is 5.82 Å². The minimum absolute atomic E-state index is 0.0600. The highest BCUT2D eigenvalue weighted by molar-refractivity contribution is 5.90. The number of urea groups is 1. The molecule has 5 nitrogen and oxygen atoms in total. The second-order valence-electron chi connectivity index (χ2n) is 8.47. The highest BCUT2D eigenvalue weighted by atomic mass is 19.1. The van der Waals surface area contributed by atoms with E-state index in [0.29, 0.717) is 5.69 Å². The highest BCUT2D eigenvalue weighted by Crippen LogP contribution is 2.35. The van der Waals surface area contributed by atoms with E-state index in [1.165, 1.54) is 12.1 Å². The monoisotopic (exact) mass is 361 g/mol. The molecular formula is C20H28FN3O2. The lowest BCUT2D eigenvalue weighted by Gasteiger charge is -2.49. The van der Waals surface area contributed by atoms with Crippen LogP contribution in [0.25, 0.3) is 0 Å². The fourth-order valence-electron chi connectivity index (χ4n) is 3.95. The number of piperidine rings is 2. The number of nitrogens with zero attached hydrogens (tertiary/aromatic N) is 1. The highest BCUT2D eigenvalue weighted by Gasteiger charge is 2.41. The summed E-state index contributed by atoms with van der Waals surface area (Å²) in [6, 6.07) is 6.06. The molecule has 0 saturated carbocycles. The maximum absolute atomic E-state index is 13.0. The van der Waals surface area contributed by atoms with Gasteiger partial charge in [-0.1, -0.05) is 20.8 Å². The third kappa shape index (κ3) is 4.17. The maximum atomic E-state index is 13.0.